The van der Waals surface area contributed by atoms with E-state index in [-0.39, 0.29) is 12.4 Å². The lowest BCUT2D eigenvalue weighted by molar-refractivity contribution is 0.678. The number of nitrogens with one attached hydrogen (secondary N) is 1. The monoisotopic (exact) mass is 295 g/mol. The molecule has 2 aromatic rings. The molecule has 0 spiro atoms. The Balaban J connectivity index is 0.00000180. The molecule has 1 aromatic carbocycles. The summed E-state index contributed by atoms with van der Waals surface area (Å²) in [6.45, 7) is 1.96. The van der Waals surface area contributed by atoms with Crippen LogP contribution < -0.4 is 5.32 Å². The van der Waals surface area contributed by atoms with Crippen molar-refractivity contribution in [3.05, 3.63) is 54.4 Å². The van der Waals surface area contributed by atoms with Crippen molar-refractivity contribution in [3.8, 4) is 0 Å². The van der Waals surface area contributed by atoms with Gasteiger partial charge in [0.15, 0.2) is 5.16 Å². The molecule has 3 nitrogen and oxygen atoms in total. The van der Waals surface area contributed by atoms with Crippen LogP contribution in [0.25, 0.3) is 0 Å². The van der Waals surface area contributed by atoms with E-state index in [1.807, 2.05) is 12.1 Å². The van der Waals surface area contributed by atoms with Gasteiger partial charge in [0.1, 0.15) is 0 Å². The summed E-state index contributed by atoms with van der Waals surface area (Å²) in [6.07, 6.45) is 4.68. The Kier molecular flexibility index (Phi) is 8.21. The smallest absolute Gasteiger partial charge is 0.187 e. The van der Waals surface area contributed by atoms with E-state index in [9.17, 15) is 0 Å². The van der Waals surface area contributed by atoms with Crippen LogP contribution in [0.15, 0.2) is 53.9 Å². The third-order valence-electron chi connectivity index (χ3n) is 2.44. The van der Waals surface area contributed by atoms with Gasteiger partial charge in [-0.2, -0.15) is 0 Å². The van der Waals surface area contributed by atoms with Gasteiger partial charge in [-0.25, -0.2) is 9.97 Å². The summed E-state index contributed by atoms with van der Waals surface area (Å²) in [5.41, 5.74) is 1.33. The Morgan fingerprint density at radius 2 is 1.74 bits per heavy atom. The van der Waals surface area contributed by atoms with Crippen LogP contribution in [0.4, 0.5) is 0 Å². The minimum absolute atomic E-state index is 0. The van der Waals surface area contributed by atoms with Gasteiger partial charge in [-0.15, -0.1) is 12.4 Å². The van der Waals surface area contributed by atoms with E-state index < -0.39 is 0 Å². The number of hydrogen-bond acceptors (Lipinski definition) is 4. The van der Waals surface area contributed by atoms with E-state index >= 15 is 0 Å². The maximum atomic E-state index is 4.18. The summed E-state index contributed by atoms with van der Waals surface area (Å²) in [4.78, 5) is 8.35. The molecule has 5 heteroatoms. The molecular formula is C14H18ClN3S. The zero-order chi connectivity index (χ0) is 12.5. The molecule has 0 unspecified atom stereocenters. The van der Waals surface area contributed by atoms with Gasteiger partial charge in [0.25, 0.3) is 0 Å². The Hall–Kier alpha value is -1.10. The molecule has 2 rings (SSSR count). The van der Waals surface area contributed by atoms with Crippen LogP contribution in [-0.2, 0) is 6.54 Å². The summed E-state index contributed by atoms with van der Waals surface area (Å²) in [5, 5.41) is 4.30. The lowest BCUT2D eigenvalue weighted by Crippen LogP contribution is -2.15. The quantitative estimate of drug-likeness (QED) is 0.484. The topological polar surface area (TPSA) is 37.8 Å². The summed E-state index contributed by atoms with van der Waals surface area (Å²) >= 11 is 1.70. The van der Waals surface area contributed by atoms with Crippen molar-refractivity contribution in [2.24, 2.45) is 0 Å². The van der Waals surface area contributed by atoms with Gasteiger partial charge in [0.05, 0.1) is 0 Å². The molecule has 0 aliphatic carbocycles. The largest absolute Gasteiger partial charge is 0.313 e. The van der Waals surface area contributed by atoms with E-state index in [1.165, 1.54) is 5.56 Å². The summed E-state index contributed by atoms with van der Waals surface area (Å²) < 4.78 is 0. The molecule has 0 radical (unpaired) electrons. The van der Waals surface area contributed by atoms with Crippen LogP contribution >= 0.6 is 24.2 Å². The predicted octanol–water partition coefficient (Wildman–Crippen LogP) is 3.17. The van der Waals surface area contributed by atoms with E-state index in [0.29, 0.717) is 0 Å². The number of aromatic nitrogens is 2. The van der Waals surface area contributed by atoms with Gasteiger partial charge >= 0.3 is 0 Å². The fraction of sp³-hybridized carbons (Fsp3) is 0.286. The van der Waals surface area contributed by atoms with Gasteiger partial charge < -0.3 is 5.32 Å². The highest BCUT2D eigenvalue weighted by Crippen LogP contribution is 2.11. The van der Waals surface area contributed by atoms with E-state index in [2.05, 4.69) is 39.6 Å². The second kappa shape index (κ2) is 9.78. The lowest BCUT2D eigenvalue weighted by atomic mass is 10.2. The van der Waals surface area contributed by atoms with Crippen LogP contribution in [-0.4, -0.2) is 22.3 Å². The van der Waals surface area contributed by atoms with Gasteiger partial charge in [-0.3, -0.25) is 0 Å². The van der Waals surface area contributed by atoms with E-state index in [1.54, 1.807) is 24.2 Å². The third kappa shape index (κ3) is 6.57. The molecular weight excluding hydrogens is 278 g/mol. The molecule has 0 aliphatic heterocycles. The molecule has 1 aromatic heterocycles. The van der Waals surface area contributed by atoms with Crippen LogP contribution in [0.2, 0.25) is 0 Å². The molecule has 0 fully saturated rings. The number of thioether (sulfide) groups is 1. The Morgan fingerprint density at radius 1 is 1.00 bits per heavy atom. The fourth-order valence-corrected chi connectivity index (χ4v) is 2.29. The number of hydrogen-bond donors (Lipinski definition) is 1. The number of rotatable bonds is 7. The average Bonchev–Trinajstić information content (AvgIpc) is 2.45. The summed E-state index contributed by atoms with van der Waals surface area (Å²) in [7, 11) is 0. The van der Waals surface area contributed by atoms with Crippen LogP contribution in [0.5, 0.6) is 0 Å². The highest BCUT2D eigenvalue weighted by Gasteiger charge is 1.95. The maximum absolute atomic E-state index is 4.18. The first-order chi connectivity index (χ1) is 8.95. The molecule has 1 heterocycles. The highest BCUT2D eigenvalue weighted by atomic mass is 35.5. The number of nitrogens with zero attached hydrogens (tertiary/aromatic N) is 2. The van der Waals surface area contributed by atoms with Crippen molar-refractivity contribution in [1.29, 1.82) is 0 Å². The van der Waals surface area contributed by atoms with Crippen molar-refractivity contribution < 1.29 is 0 Å². The molecule has 102 valence electrons. The second-order valence-electron chi connectivity index (χ2n) is 3.90. The first-order valence-electron chi connectivity index (χ1n) is 6.09. The number of benzene rings is 1. The van der Waals surface area contributed by atoms with Crippen molar-refractivity contribution in [3.63, 3.8) is 0 Å². The minimum Gasteiger partial charge on any atom is -0.313 e. The SMILES string of the molecule is Cl.c1ccc(CNCCCSc2ncccn2)cc1. The standard InChI is InChI=1S/C14H17N3S.ClH/c1-2-6-13(7-3-1)12-15-8-5-11-18-14-16-9-4-10-17-14;/h1-4,6-7,9-10,15H,5,8,11-12H2;1H. The predicted molar refractivity (Wildman–Crippen MR) is 82.8 cm³/mol. The first kappa shape index (κ1) is 16.0. The van der Waals surface area contributed by atoms with E-state index in [4.69, 9.17) is 0 Å². The van der Waals surface area contributed by atoms with Crippen LogP contribution in [0, 0.1) is 0 Å². The zero-order valence-corrected chi connectivity index (χ0v) is 12.3. The molecule has 0 aliphatic rings. The molecule has 0 amide bonds. The Bertz CT molecular complexity index is 395. The average molecular weight is 296 g/mol. The Labute approximate surface area is 124 Å². The first-order valence-corrected chi connectivity index (χ1v) is 7.08. The van der Waals surface area contributed by atoms with Gasteiger partial charge in [-0.1, -0.05) is 42.1 Å². The normalized spacial score (nSPS) is 9.89. The fourth-order valence-electron chi connectivity index (χ4n) is 1.55. The minimum atomic E-state index is 0. The van der Waals surface area contributed by atoms with Gasteiger partial charge in [-0.05, 0) is 24.6 Å². The van der Waals surface area contributed by atoms with Gasteiger partial charge in [0, 0.05) is 24.7 Å². The highest BCUT2D eigenvalue weighted by molar-refractivity contribution is 7.99. The van der Waals surface area contributed by atoms with Crippen molar-refractivity contribution in [1.82, 2.24) is 15.3 Å². The molecule has 0 atom stereocenters. The molecule has 0 saturated carbocycles. The molecule has 19 heavy (non-hydrogen) atoms. The summed E-state index contributed by atoms with van der Waals surface area (Å²) in [6, 6.07) is 12.3. The van der Waals surface area contributed by atoms with Crippen molar-refractivity contribution >= 4 is 24.2 Å². The lowest BCUT2D eigenvalue weighted by Gasteiger charge is -2.04. The van der Waals surface area contributed by atoms with Crippen LogP contribution in [0.3, 0.4) is 0 Å². The maximum Gasteiger partial charge on any atom is 0.187 e. The number of halogens is 1. The van der Waals surface area contributed by atoms with Crippen LogP contribution in [0.1, 0.15) is 12.0 Å². The molecule has 0 bridgehead atoms. The van der Waals surface area contributed by atoms with Crippen molar-refractivity contribution in [2.45, 2.75) is 18.1 Å². The molecule has 1 N–H and O–H groups in total. The van der Waals surface area contributed by atoms with Gasteiger partial charge in [0.2, 0.25) is 0 Å². The second-order valence-corrected chi connectivity index (χ2v) is 4.96. The summed E-state index contributed by atoms with van der Waals surface area (Å²) in [5.74, 6) is 1.05. The van der Waals surface area contributed by atoms with E-state index in [0.717, 1.165) is 30.4 Å². The Morgan fingerprint density at radius 3 is 2.47 bits per heavy atom. The van der Waals surface area contributed by atoms with Crippen molar-refractivity contribution in [2.75, 3.05) is 12.3 Å². The third-order valence-corrected chi connectivity index (χ3v) is 3.40. The zero-order valence-electron chi connectivity index (χ0n) is 10.7. The molecule has 0 saturated heterocycles.